The van der Waals surface area contributed by atoms with Gasteiger partial charge in [0, 0.05) is 28.1 Å². The van der Waals surface area contributed by atoms with Gasteiger partial charge >= 0.3 is 0 Å². The van der Waals surface area contributed by atoms with Gasteiger partial charge in [-0.2, -0.15) is 0 Å². The summed E-state index contributed by atoms with van der Waals surface area (Å²) in [5, 5.41) is 2.45. The first-order chi connectivity index (χ1) is 7.43. The van der Waals surface area contributed by atoms with Gasteiger partial charge in [0.1, 0.15) is 0 Å². The second kappa shape index (κ2) is 4.36. The third kappa shape index (κ3) is 2.03. The number of aromatic nitrogens is 1. The molecule has 3 rings (SSSR count). The molecule has 0 radical (unpaired) electrons. The fourth-order valence-corrected chi connectivity index (χ4v) is 6.37. The van der Waals surface area contributed by atoms with E-state index < -0.39 is 0 Å². The summed E-state index contributed by atoms with van der Waals surface area (Å²) < 4.78 is 2.84. The Morgan fingerprint density at radius 3 is 2.87 bits per heavy atom. The molecular formula is C11H11NS3. The van der Waals surface area contributed by atoms with Crippen LogP contribution in [0.1, 0.15) is 10.1 Å². The van der Waals surface area contributed by atoms with Crippen molar-refractivity contribution in [2.24, 2.45) is 0 Å². The Morgan fingerprint density at radius 2 is 2.07 bits per heavy atom. The van der Waals surface area contributed by atoms with Crippen LogP contribution < -0.4 is 0 Å². The van der Waals surface area contributed by atoms with Crippen LogP contribution in [0.15, 0.2) is 36.7 Å². The molecule has 0 spiro atoms. The van der Waals surface area contributed by atoms with Crippen LogP contribution in [0.5, 0.6) is 0 Å². The molecule has 1 fully saturated rings. The molecule has 0 N–H and O–H groups in total. The predicted molar refractivity (Wildman–Crippen MR) is 72.6 cm³/mol. The molecule has 2 aromatic heterocycles. The van der Waals surface area contributed by atoms with E-state index in [-0.39, 0.29) is 0 Å². The van der Waals surface area contributed by atoms with E-state index in [1.165, 1.54) is 21.2 Å². The van der Waals surface area contributed by atoms with Crippen LogP contribution >= 0.6 is 35.3 Å². The standard InChI is InChI=1S/C11H11NS3/c1-2-4-12-6-9(5-10(12)3-1)11-14-7-13-8-15-11/h1-6,11H,7-8H2. The molecular weight excluding hydrogens is 242 g/mol. The average molecular weight is 253 g/mol. The molecule has 0 aliphatic carbocycles. The number of hydrogen-bond donors (Lipinski definition) is 0. The molecule has 15 heavy (non-hydrogen) atoms. The average Bonchev–Trinajstić information content (AvgIpc) is 2.74. The first kappa shape index (κ1) is 10.00. The van der Waals surface area contributed by atoms with Crippen LogP contribution in [0, 0.1) is 0 Å². The molecule has 0 amide bonds. The summed E-state index contributed by atoms with van der Waals surface area (Å²) in [6.07, 6.45) is 4.38. The summed E-state index contributed by atoms with van der Waals surface area (Å²) in [7, 11) is 0. The highest BCUT2D eigenvalue weighted by atomic mass is 32.3. The van der Waals surface area contributed by atoms with Crippen molar-refractivity contribution in [2.45, 2.75) is 4.58 Å². The Balaban J connectivity index is 1.96. The van der Waals surface area contributed by atoms with E-state index in [1.54, 1.807) is 0 Å². The maximum atomic E-state index is 2.31. The Bertz CT molecular complexity index is 427. The number of pyridine rings is 1. The van der Waals surface area contributed by atoms with Crippen LogP contribution in [-0.2, 0) is 0 Å². The van der Waals surface area contributed by atoms with Gasteiger partial charge in [0.05, 0.1) is 4.58 Å². The third-order valence-electron chi connectivity index (χ3n) is 2.40. The normalized spacial score (nSPS) is 18.4. The van der Waals surface area contributed by atoms with Crippen molar-refractivity contribution in [3.05, 3.63) is 42.2 Å². The number of hydrogen-bond acceptors (Lipinski definition) is 3. The van der Waals surface area contributed by atoms with Crippen molar-refractivity contribution in [1.29, 1.82) is 0 Å². The molecule has 0 aromatic carbocycles. The van der Waals surface area contributed by atoms with Crippen LogP contribution in [0.3, 0.4) is 0 Å². The summed E-state index contributed by atoms with van der Waals surface area (Å²) in [5.74, 6) is 0. The van der Waals surface area contributed by atoms with Gasteiger partial charge in [0.25, 0.3) is 0 Å². The number of fused-ring (bicyclic) bond motifs is 1. The van der Waals surface area contributed by atoms with E-state index in [0.717, 1.165) is 0 Å². The number of nitrogens with zero attached hydrogens (tertiary/aromatic N) is 1. The molecule has 0 bridgehead atoms. The molecule has 1 aliphatic heterocycles. The lowest BCUT2D eigenvalue weighted by molar-refractivity contribution is 1.18. The zero-order chi connectivity index (χ0) is 10.1. The van der Waals surface area contributed by atoms with Crippen molar-refractivity contribution in [2.75, 3.05) is 10.2 Å². The molecule has 1 nitrogen and oxygen atoms in total. The SMILES string of the molecule is c1ccn2cc(C3SCSCS3)cc2c1. The van der Waals surface area contributed by atoms with Crippen LogP contribution in [0.2, 0.25) is 0 Å². The summed E-state index contributed by atoms with van der Waals surface area (Å²) in [4.78, 5) is 0. The van der Waals surface area contributed by atoms with Gasteiger partial charge in [-0.05, 0) is 23.8 Å². The van der Waals surface area contributed by atoms with Crippen molar-refractivity contribution < 1.29 is 0 Å². The highest BCUT2D eigenvalue weighted by Gasteiger charge is 2.17. The Morgan fingerprint density at radius 1 is 1.20 bits per heavy atom. The van der Waals surface area contributed by atoms with E-state index in [4.69, 9.17) is 0 Å². The van der Waals surface area contributed by atoms with Crippen LogP contribution in [-0.4, -0.2) is 14.6 Å². The van der Waals surface area contributed by atoms with Gasteiger partial charge in [0.2, 0.25) is 0 Å². The number of thioether (sulfide) groups is 3. The maximum Gasteiger partial charge on any atom is 0.0782 e. The highest BCUT2D eigenvalue weighted by molar-refractivity contribution is 8.32. The minimum absolute atomic E-state index is 0.631. The molecule has 1 saturated heterocycles. The molecule has 0 atom stereocenters. The van der Waals surface area contributed by atoms with Gasteiger partial charge < -0.3 is 4.40 Å². The molecule has 3 heterocycles. The van der Waals surface area contributed by atoms with Gasteiger partial charge in [0.15, 0.2) is 0 Å². The fraction of sp³-hybridized carbons (Fsp3) is 0.273. The van der Waals surface area contributed by atoms with Gasteiger partial charge in [-0.25, -0.2) is 0 Å². The summed E-state index contributed by atoms with van der Waals surface area (Å²) >= 11 is 6.11. The Labute approximate surface area is 102 Å². The lowest BCUT2D eigenvalue weighted by Crippen LogP contribution is -1.93. The van der Waals surface area contributed by atoms with Crippen molar-refractivity contribution in [1.82, 2.24) is 4.40 Å². The monoisotopic (exact) mass is 253 g/mol. The Hall–Kier alpha value is -0.190. The lowest BCUT2D eigenvalue weighted by atomic mass is 10.3. The smallest absolute Gasteiger partial charge is 0.0782 e. The zero-order valence-electron chi connectivity index (χ0n) is 8.13. The highest BCUT2D eigenvalue weighted by Crippen LogP contribution is 2.47. The first-order valence-electron chi connectivity index (χ1n) is 4.81. The number of rotatable bonds is 1. The topological polar surface area (TPSA) is 4.41 Å². The quantitative estimate of drug-likeness (QED) is 0.755. The van der Waals surface area contributed by atoms with E-state index in [0.29, 0.717) is 4.58 Å². The van der Waals surface area contributed by atoms with Crippen molar-refractivity contribution >= 4 is 40.8 Å². The summed E-state index contributed by atoms with van der Waals surface area (Å²) in [5.41, 5.74) is 2.75. The van der Waals surface area contributed by atoms with Gasteiger partial charge in [-0.15, -0.1) is 35.3 Å². The minimum Gasteiger partial charge on any atom is -0.324 e. The van der Waals surface area contributed by atoms with E-state index >= 15 is 0 Å². The third-order valence-corrected chi connectivity index (χ3v) is 6.79. The van der Waals surface area contributed by atoms with Crippen LogP contribution in [0.4, 0.5) is 0 Å². The largest absolute Gasteiger partial charge is 0.324 e. The zero-order valence-corrected chi connectivity index (χ0v) is 10.6. The van der Waals surface area contributed by atoms with E-state index in [9.17, 15) is 0 Å². The minimum atomic E-state index is 0.631. The summed E-state index contributed by atoms with van der Waals surface area (Å²) in [6, 6.07) is 8.64. The molecule has 2 aromatic rings. The second-order valence-corrected chi connectivity index (χ2v) is 7.61. The molecule has 4 heteroatoms. The van der Waals surface area contributed by atoms with Gasteiger partial charge in [-0.3, -0.25) is 0 Å². The summed E-state index contributed by atoms with van der Waals surface area (Å²) in [6.45, 7) is 0. The predicted octanol–water partition coefficient (Wildman–Crippen LogP) is 4.07. The molecule has 78 valence electrons. The fourth-order valence-electron chi connectivity index (χ4n) is 1.70. The van der Waals surface area contributed by atoms with Crippen molar-refractivity contribution in [3.63, 3.8) is 0 Å². The molecule has 1 aliphatic rings. The van der Waals surface area contributed by atoms with Crippen molar-refractivity contribution in [3.8, 4) is 0 Å². The van der Waals surface area contributed by atoms with E-state index in [1.807, 2.05) is 35.3 Å². The molecule has 0 unspecified atom stereocenters. The molecule has 0 saturated carbocycles. The van der Waals surface area contributed by atoms with E-state index in [2.05, 4.69) is 41.1 Å². The lowest BCUT2D eigenvalue weighted by Gasteiger charge is -2.19. The Kier molecular flexibility index (Phi) is 2.90. The van der Waals surface area contributed by atoms with Crippen LogP contribution in [0.25, 0.3) is 5.52 Å². The second-order valence-electron chi connectivity index (χ2n) is 3.41. The van der Waals surface area contributed by atoms with Gasteiger partial charge in [-0.1, -0.05) is 6.07 Å². The first-order valence-corrected chi connectivity index (χ1v) is 8.06. The maximum absolute atomic E-state index is 2.31.